The Morgan fingerprint density at radius 3 is 2.65 bits per heavy atom. The second kappa shape index (κ2) is 7.32. The molecule has 138 valence electrons. The van der Waals surface area contributed by atoms with Crippen molar-refractivity contribution >= 4 is 38.4 Å². The summed E-state index contributed by atoms with van der Waals surface area (Å²) in [4.78, 5) is 35.4. The molecule has 0 aliphatic carbocycles. The van der Waals surface area contributed by atoms with Gasteiger partial charge < -0.3 is 4.57 Å². The van der Waals surface area contributed by atoms with Crippen LogP contribution in [0.3, 0.4) is 0 Å². The number of aromatic nitrogens is 5. The van der Waals surface area contributed by atoms with Crippen molar-refractivity contribution in [2.24, 2.45) is 7.05 Å². The molecule has 0 bridgehead atoms. The van der Waals surface area contributed by atoms with Crippen molar-refractivity contribution < 1.29 is 0 Å². The van der Waals surface area contributed by atoms with Crippen molar-refractivity contribution in [2.75, 3.05) is 0 Å². The van der Waals surface area contributed by atoms with Crippen LogP contribution in [0.15, 0.2) is 31.5 Å². The van der Waals surface area contributed by atoms with E-state index in [1.165, 1.54) is 20.5 Å². The molecule has 0 saturated carbocycles. The maximum absolute atomic E-state index is 13.1. The average Bonchev–Trinajstić information content (AvgIpc) is 3.14. The van der Waals surface area contributed by atoms with Gasteiger partial charge in [0.2, 0.25) is 0 Å². The van der Waals surface area contributed by atoms with Crippen LogP contribution in [0.1, 0.15) is 24.4 Å². The number of allylic oxidation sites excluding steroid dienone is 2. The van der Waals surface area contributed by atoms with E-state index in [0.29, 0.717) is 35.4 Å². The predicted octanol–water partition coefficient (Wildman–Crippen LogP) is 2.63. The van der Waals surface area contributed by atoms with Crippen LogP contribution >= 0.6 is 27.3 Å². The van der Waals surface area contributed by atoms with Gasteiger partial charge in [0, 0.05) is 31.4 Å². The largest absolute Gasteiger partial charge is 0.332 e. The first-order chi connectivity index (χ1) is 12.3. The van der Waals surface area contributed by atoms with E-state index in [1.807, 2.05) is 26.8 Å². The summed E-state index contributed by atoms with van der Waals surface area (Å²) in [6, 6.07) is 0. The maximum Gasteiger partial charge on any atom is 0.332 e. The van der Waals surface area contributed by atoms with Crippen LogP contribution in [0.25, 0.3) is 11.2 Å². The lowest BCUT2D eigenvalue weighted by atomic mass is 10.3. The normalized spacial score (nSPS) is 11.3. The highest BCUT2D eigenvalue weighted by Crippen LogP contribution is 2.17. The molecule has 3 heterocycles. The van der Waals surface area contributed by atoms with Gasteiger partial charge in [-0.15, -0.1) is 11.3 Å². The van der Waals surface area contributed by atoms with Crippen LogP contribution in [-0.4, -0.2) is 23.7 Å². The number of hydrogen-bond donors (Lipinski definition) is 0. The van der Waals surface area contributed by atoms with Gasteiger partial charge in [-0.25, -0.2) is 14.8 Å². The molecule has 0 fully saturated rings. The van der Waals surface area contributed by atoms with E-state index in [0.717, 1.165) is 16.1 Å². The van der Waals surface area contributed by atoms with E-state index < -0.39 is 0 Å². The van der Waals surface area contributed by atoms with Crippen LogP contribution in [0.5, 0.6) is 0 Å². The number of aryl methyl sites for hydroxylation is 3. The SMILES string of the molecule is CC(C)=CCn1c(Br)nc2c1c(=O)n(CCc1scnc1C)c(=O)n2C. The zero-order chi connectivity index (χ0) is 19.0. The van der Waals surface area contributed by atoms with Crippen LogP contribution in [0, 0.1) is 6.92 Å². The molecule has 0 aliphatic rings. The summed E-state index contributed by atoms with van der Waals surface area (Å²) in [7, 11) is 1.64. The first kappa shape index (κ1) is 18.8. The molecule has 0 saturated heterocycles. The lowest BCUT2D eigenvalue weighted by Crippen LogP contribution is -2.40. The minimum absolute atomic E-state index is 0.314. The third-order valence-corrected chi connectivity index (χ3v) is 5.88. The Hall–Kier alpha value is -2.00. The minimum atomic E-state index is -0.357. The van der Waals surface area contributed by atoms with E-state index in [1.54, 1.807) is 17.1 Å². The third-order valence-electron chi connectivity index (χ3n) is 4.28. The van der Waals surface area contributed by atoms with Crippen molar-refractivity contribution in [1.82, 2.24) is 23.7 Å². The van der Waals surface area contributed by atoms with E-state index in [-0.39, 0.29) is 11.2 Å². The molecule has 0 aromatic carbocycles. The molecule has 26 heavy (non-hydrogen) atoms. The van der Waals surface area contributed by atoms with Gasteiger partial charge in [-0.1, -0.05) is 11.6 Å². The van der Waals surface area contributed by atoms with Gasteiger partial charge >= 0.3 is 5.69 Å². The van der Waals surface area contributed by atoms with Gasteiger partial charge in [-0.2, -0.15) is 0 Å². The van der Waals surface area contributed by atoms with E-state index >= 15 is 0 Å². The highest BCUT2D eigenvalue weighted by Gasteiger charge is 2.19. The van der Waals surface area contributed by atoms with Crippen LogP contribution in [0.4, 0.5) is 0 Å². The molecule has 9 heteroatoms. The first-order valence-corrected chi connectivity index (χ1v) is 9.86. The quantitative estimate of drug-likeness (QED) is 0.454. The molecule has 0 radical (unpaired) electrons. The van der Waals surface area contributed by atoms with Crippen molar-refractivity contribution in [3.63, 3.8) is 0 Å². The van der Waals surface area contributed by atoms with E-state index in [9.17, 15) is 9.59 Å². The van der Waals surface area contributed by atoms with Gasteiger partial charge in [-0.3, -0.25) is 13.9 Å². The van der Waals surface area contributed by atoms with Crippen LogP contribution in [0.2, 0.25) is 0 Å². The molecule has 0 atom stereocenters. The van der Waals surface area contributed by atoms with Crippen LogP contribution < -0.4 is 11.2 Å². The zero-order valence-electron chi connectivity index (χ0n) is 15.1. The Balaban J connectivity index is 2.13. The monoisotopic (exact) mass is 437 g/mol. The van der Waals surface area contributed by atoms with Gasteiger partial charge in [0.25, 0.3) is 5.56 Å². The number of fused-ring (bicyclic) bond motifs is 1. The Morgan fingerprint density at radius 2 is 2.04 bits per heavy atom. The fourth-order valence-corrected chi connectivity index (χ4v) is 4.02. The summed E-state index contributed by atoms with van der Waals surface area (Å²) in [6.45, 7) is 6.76. The van der Waals surface area contributed by atoms with Gasteiger partial charge in [0.1, 0.15) is 0 Å². The number of imidazole rings is 1. The molecule has 3 aromatic heterocycles. The molecule has 7 nitrogen and oxygen atoms in total. The zero-order valence-corrected chi connectivity index (χ0v) is 17.5. The fraction of sp³-hybridized carbons (Fsp3) is 0.412. The van der Waals surface area contributed by atoms with Crippen molar-refractivity contribution in [1.29, 1.82) is 0 Å². The second-order valence-electron chi connectivity index (χ2n) is 6.35. The summed E-state index contributed by atoms with van der Waals surface area (Å²) in [5, 5.41) is 0. The highest BCUT2D eigenvalue weighted by atomic mass is 79.9. The predicted molar refractivity (Wildman–Crippen MR) is 107 cm³/mol. The molecule has 3 rings (SSSR count). The molecule has 0 N–H and O–H groups in total. The number of hydrogen-bond acceptors (Lipinski definition) is 5. The van der Waals surface area contributed by atoms with Crippen molar-refractivity contribution in [2.45, 2.75) is 40.3 Å². The number of thiazole rings is 1. The maximum atomic E-state index is 13.1. The fourth-order valence-electron chi connectivity index (χ4n) is 2.76. The van der Waals surface area contributed by atoms with Crippen molar-refractivity contribution in [3.8, 4) is 0 Å². The lowest BCUT2D eigenvalue weighted by Gasteiger charge is -2.09. The summed E-state index contributed by atoms with van der Waals surface area (Å²) in [5.74, 6) is 0. The van der Waals surface area contributed by atoms with Crippen molar-refractivity contribution in [3.05, 3.63) is 53.3 Å². The second-order valence-corrected chi connectivity index (χ2v) is 8.00. The molecule has 0 spiro atoms. The van der Waals surface area contributed by atoms with E-state index in [2.05, 4.69) is 25.9 Å². The van der Waals surface area contributed by atoms with E-state index in [4.69, 9.17) is 0 Å². The highest BCUT2D eigenvalue weighted by molar-refractivity contribution is 9.10. The lowest BCUT2D eigenvalue weighted by molar-refractivity contribution is 0.602. The first-order valence-electron chi connectivity index (χ1n) is 8.19. The Morgan fingerprint density at radius 1 is 1.31 bits per heavy atom. The number of halogens is 1. The third kappa shape index (κ3) is 3.33. The summed E-state index contributed by atoms with van der Waals surface area (Å²) in [5.41, 5.74) is 4.01. The number of nitrogens with zero attached hydrogens (tertiary/aromatic N) is 5. The molecule has 0 aliphatic heterocycles. The molecule has 0 amide bonds. The average molecular weight is 438 g/mol. The minimum Gasteiger partial charge on any atom is -0.309 e. The smallest absolute Gasteiger partial charge is 0.309 e. The summed E-state index contributed by atoms with van der Waals surface area (Å²) in [6.07, 6.45) is 2.61. The molecular weight excluding hydrogens is 418 g/mol. The topological polar surface area (TPSA) is 74.7 Å². The summed E-state index contributed by atoms with van der Waals surface area (Å²) >= 11 is 4.95. The molecular formula is C17H20BrN5O2S. The number of rotatable bonds is 5. The Bertz CT molecular complexity index is 1110. The standard InChI is InChI=1S/C17H20BrN5O2S/c1-10(2)5-7-22-13-14(20-16(22)18)21(4)17(25)23(15(13)24)8-6-12-11(3)19-9-26-12/h5,9H,6-8H2,1-4H3. The van der Waals surface area contributed by atoms with Gasteiger partial charge in [-0.05, 0) is 36.7 Å². The van der Waals surface area contributed by atoms with Gasteiger partial charge in [0.15, 0.2) is 15.9 Å². The van der Waals surface area contributed by atoms with Gasteiger partial charge in [0.05, 0.1) is 11.2 Å². The Kier molecular flexibility index (Phi) is 5.29. The van der Waals surface area contributed by atoms with Crippen LogP contribution in [-0.2, 0) is 26.6 Å². The molecule has 3 aromatic rings. The Labute approximate surface area is 162 Å². The molecule has 0 unspecified atom stereocenters. The summed E-state index contributed by atoms with van der Waals surface area (Å²) < 4.78 is 5.04.